The van der Waals surface area contributed by atoms with Crippen LogP contribution in [0.1, 0.15) is 62.6 Å². The van der Waals surface area contributed by atoms with Crippen LogP contribution in [0.3, 0.4) is 0 Å². The third-order valence-electron chi connectivity index (χ3n) is 8.73. The molecule has 236 valence electrons. The van der Waals surface area contributed by atoms with Crippen LogP contribution in [0, 0.1) is 0 Å². The highest BCUT2D eigenvalue weighted by Gasteiger charge is 2.56. The van der Waals surface area contributed by atoms with E-state index in [-0.39, 0.29) is 23.8 Å². The number of nitrogen functional groups attached to an aromatic ring is 1. The van der Waals surface area contributed by atoms with Gasteiger partial charge in [-0.15, -0.1) is 11.8 Å². The molecule has 8 N–H and O–H groups in total. The van der Waals surface area contributed by atoms with Gasteiger partial charge in [0.1, 0.15) is 22.6 Å². The Morgan fingerprint density at radius 1 is 0.933 bits per heavy atom. The SMILES string of the molecule is CC(C)(C)OC(=O)N[C@@H]1CCC[C@@H]1NC(=O)C1Sc2c(N)ccc3c2C1C(N)C(=O)C3(N)c1ccc(Oc2ccccc2)cc1. The number of nitrogens with two attached hydrogens (primary N) is 3. The summed E-state index contributed by atoms with van der Waals surface area (Å²) in [6.07, 6.45) is 1.74. The van der Waals surface area contributed by atoms with Gasteiger partial charge in [0, 0.05) is 22.5 Å². The summed E-state index contributed by atoms with van der Waals surface area (Å²) < 4.78 is 11.4. The van der Waals surface area contributed by atoms with Crippen molar-refractivity contribution in [2.45, 2.75) is 85.4 Å². The minimum atomic E-state index is -1.54. The molecule has 0 radical (unpaired) electrons. The Kier molecular flexibility index (Phi) is 8.05. The molecule has 0 spiro atoms. The number of carbonyl (C=O) groups is 3. The van der Waals surface area contributed by atoms with Gasteiger partial charge in [-0.2, -0.15) is 0 Å². The van der Waals surface area contributed by atoms with Crippen molar-refractivity contribution in [2.24, 2.45) is 11.5 Å². The molecular formula is C34H39N5O5S. The third kappa shape index (κ3) is 5.76. The van der Waals surface area contributed by atoms with Gasteiger partial charge in [-0.1, -0.05) is 36.4 Å². The number of rotatable bonds is 6. The fraction of sp³-hybridized carbons (Fsp3) is 0.382. The molecule has 0 aromatic heterocycles. The van der Waals surface area contributed by atoms with Crippen molar-refractivity contribution < 1.29 is 23.9 Å². The van der Waals surface area contributed by atoms with Crippen LogP contribution in [-0.4, -0.2) is 46.8 Å². The Hall–Kier alpha value is -4.06. The molecule has 10 nitrogen and oxygen atoms in total. The van der Waals surface area contributed by atoms with Crippen LogP contribution in [0.15, 0.2) is 71.6 Å². The first-order valence-electron chi connectivity index (χ1n) is 15.2. The minimum absolute atomic E-state index is 0.260. The molecular weight excluding hydrogens is 590 g/mol. The van der Waals surface area contributed by atoms with E-state index in [4.69, 9.17) is 26.7 Å². The first kappa shape index (κ1) is 30.9. The van der Waals surface area contributed by atoms with Crippen LogP contribution in [0.2, 0.25) is 0 Å². The zero-order chi connectivity index (χ0) is 32.1. The van der Waals surface area contributed by atoms with Crippen LogP contribution >= 0.6 is 11.8 Å². The number of thioether (sulfide) groups is 1. The lowest BCUT2D eigenvalue weighted by Crippen LogP contribution is -2.61. The van der Waals surface area contributed by atoms with Crippen molar-refractivity contribution in [3.8, 4) is 11.5 Å². The highest BCUT2D eigenvalue weighted by atomic mass is 32.2. The zero-order valence-corrected chi connectivity index (χ0v) is 26.4. The number of alkyl carbamates (subject to hydrolysis) is 1. The smallest absolute Gasteiger partial charge is 0.407 e. The van der Waals surface area contributed by atoms with E-state index in [1.165, 1.54) is 11.8 Å². The molecule has 2 amide bonds. The van der Waals surface area contributed by atoms with E-state index in [0.717, 1.165) is 12.0 Å². The average molecular weight is 630 g/mol. The molecule has 0 bridgehead atoms. The number of amides is 2. The molecule has 3 aromatic rings. The van der Waals surface area contributed by atoms with E-state index in [1.54, 1.807) is 57.2 Å². The Labute approximate surface area is 266 Å². The molecule has 1 heterocycles. The maximum atomic E-state index is 14.1. The molecule has 11 heteroatoms. The second kappa shape index (κ2) is 11.7. The van der Waals surface area contributed by atoms with Crippen molar-refractivity contribution in [3.05, 3.63) is 83.4 Å². The van der Waals surface area contributed by atoms with Crippen LogP contribution in [0.4, 0.5) is 10.5 Å². The summed E-state index contributed by atoms with van der Waals surface area (Å²) in [6, 6.07) is 18.4. The van der Waals surface area contributed by atoms with Gasteiger partial charge in [-0.3, -0.25) is 9.59 Å². The minimum Gasteiger partial charge on any atom is -0.457 e. The number of ether oxygens (including phenoxy) is 2. The number of hydrogen-bond donors (Lipinski definition) is 5. The Balaban J connectivity index is 1.26. The molecule has 45 heavy (non-hydrogen) atoms. The van der Waals surface area contributed by atoms with Crippen molar-refractivity contribution >= 4 is 35.2 Å². The zero-order valence-electron chi connectivity index (χ0n) is 25.5. The Morgan fingerprint density at radius 3 is 2.24 bits per heavy atom. The van der Waals surface area contributed by atoms with Gasteiger partial charge >= 0.3 is 6.09 Å². The molecule has 6 atom stereocenters. The van der Waals surface area contributed by atoms with Crippen LogP contribution in [0.5, 0.6) is 11.5 Å². The molecule has 1 fully saturated rings. The lowest BCUT2D eigenvalue weighted by atomic mass is 9.65. The molecule has 3 aromatic carbocycles. The van der Waals surface area contributed by atoms with Gasteiger partial charge in [-0.25, -0.2) is 4.79 Å². The third-order valence-corrected chi connectivity index (χ3v) is 10.2. The maximum absolute atomic E-state index is 14.1. The molecule has 2 aliphatic carbocycles. The van der Waals surface area contributed by atoms with Gasteiger partial charge in [-0.05, 0) is 87.1 Å². The Morgan fingerprint density at radius 2 is 1.58 bits per heavy atom. The van der Waals surface area contributed by atoms with Gasteiger partial charge < -0.3 is 37.3 Å². The number of Topliss-reactive ketones (excluding diaryl/α,β-unsaturated/α-hetero) is 1. The normalized spacial score (nSPS) is 27.0. The molecule has 3 aliphatic rings. The van der Waals surface area contributed by atoms with Crippen LogP contribution < -0.4 is 32.6 Å². The highest BCUT2D eigenvalue weighted by Crippen LogP contribution is 2.56. The van der Waals surface area contributed by atoms with Crippen molar-refractivity contribution in [3.63, 3.8) is 0 Å². The van der Waals surface area contributed by atoms with Gasteiger partial charge in [0.15, 0.2) is 5.78 Å². The fourth-order valence-corrected chi connectivity index (χ4v) is 8.11. The predicted molar refractivity (Wildman–Crippen MR) is 173 cm³/mol. The number of hydrogen-bond acceptors (Lipinski definition) is 9. The first-order chi connectivity index (χ1) is 21.4. The molecule has 6 rings (SSSR count). The molecule has 1 aliphatic heterocycles. The van der Waals surface area contributed by atoms with Gasteiger partial charge in [0.05, 0.1) is 17.3 Å². The van der Waals surface area contributed by atoms with E-state index in [9.17, 15) is 14.4 Å². The summed E-state index contributed by atoms with van der Waals surface area (Å²) in [5, 5.41) is 5.34. The number of nitrogens with one attached hydrogen (secondary N) is 2. The van der Waals surface area contributed by atoms with E-state index >= 15 is 0 Å². The van der Waals surface area contributed by atoms with E-state index in [0.29, 0.717) is 46.1 Å². The Bertz CT molecular complexity index is 1630. The molecule has 4 unspecified atom stereocenters. The lowest BCUT2D eigenvalue weighted by molar-refractivity contribution is -0.126. The monoisotopic (exact) mass is 629 g/mol. The highest BCUT2D eigenvalue weighted by molar-refractivity contribution is 8.01. The number of anilines is 1. The van der Waals surface area contributed by atoms with Crippen molar-refractivity contribution in [2.75, 3.05) is 5.73 Å². The fourth-order valence-electron chi connectivity index (χ4n) is 6.66. The van der Waals surface area contributed by atoms with Crippen LogP contribution in [-0.2, 0) is 19.9 Å². The van der Waals surface area contributed by atoms with Crippen LogP contribution in [0.25, 0.3) is 0 Å². The summed E-state index contributed by atoms with van der Waals surface area (Å²) in [4.78, 5) is 41.2. The largest absolute Gasteiger partial charge is 0.457 e. The summed E-state index contributed by atoms with van der Waals surface area (Å²) >= 11 is 1.31. The molecule has 1 saturated carbocycles. The number of ketones is 1. The average Bonchev–Trinajstić information content (AvgIpc) is 3.61. The number of carbonyl (C=O) groups excluding carboxylic acids is 3. The summed E-state index contributed by atoms with van der Waals surface area (Å²) in [6.45, 7) is 5.40. The van der Waals surface area contributed by atoms with Crippen molar-refractivity contribution in [1.29, 1.82) is 0 Å². The van der Waals surface area contributed by atoms with Crippen molar-refractivity contribution in [1.82, 2.24) is 10.6 Å². The predicted octanol–water partition coefficient (Wildman–Crippen LogP) is 4.29. The summed E-state index contributed by atoms with van der Waals surface area (Å²) in [7, 11) is 0. The standard InChI is InChI=1S/C34H39N5O5S/c1-33(2,3)44-32(42)39-24-11-7-10-23(24)38-31(41)29-26-25-21(16-17-22(35)28(25)45-29)34(37,30(40)27(26)36)18-12-14-20(15-13-18)43-19-8-5-4-6-9-19/h4-6,8-9,12-17,23-24,26-27,29H,7,10-11,35-37H2,1-3H3,(H,38,41)(H,39,42)/t23-,24+,26?,27?,29?,34?/m0/s1. The van der Waals surface area contributed by atoms with E-state index in [1.807, 2.05) is 30.3 Å². The summed E-state index contributed by atoms with van der Waals surface area (Å²) in [5.74, 6) is 0.0310. The molecule has 0 saturated heterocycles. The maximum Gasteiger partial charge on any atom is 0.407 e. The second-order valence-corrected chi connectivity index (χ2v) is 14.1. The number of benzene rings is 3. The van der Waals surface area contributed by atoms with E-state index < -0.39 is 34.4 Å². The number of para-hydroxylation sites is 1. The lowest BCUT2D eigenvalue weighted by Gasteiger charge is -2.41. The van der Waals surface area contributed by atoms with E-state index in [2.05, 4.69) is 10.6 Å². The quantitative estimate of drug-likeness (QED) is 0.249. The topological polar surface area (TPSA) is 172 Å². The second-order valence-electron chi connectivity index (χ2n) is 12.9. The summed E-state index contributed by atoms with van der Waals surface area (Å²) in [5.41, 5.74) is 20.4. The van der Waals surface area contributed by atoms with Gasteiger partial charge in [0.2, 0.25) is 5.91 Å². The van der Waals surface area contributed by atoms with Gasteiger partial charge in [0.25, 0.3) is 0 Å². The first-order valence-corrected chi connectivity index (χ1v) is 16.1.